The van der Waals surface area contributed by atoms with Crippen molar-refractivity contribution >= 4 is 34.8 Å². The van der Waals surface area contributed by atoms with E-state index in [9.17, 15) is 20.0 Å². The maximum absolute atomic E-state index is 12.0. The van der Waals surface area contributed by atoms with Gasteiger partial charge < -0.3 is 10.4 Å². The average molecular weight is 355 g/mol. The van der Waals surface area contributed by atoms with Gasteiger partial charge in [0.15, 0.2) is 0 Å². The van der Waals surface area contributed by atoms with Gasteiger partial charge in [0.1, 0.15) is 0 Å². The van der Waals surface area contributed by atoms with Crippen molar-refractivity contribution in [1.29, 1.82) is 0 Å². The van der Waals surface area contributed by atoms with Gasteiger partial charge >= 0.3 is 0 Å². The molecule has 120 valence electrons. The van der Waals surface area contributed by atoms with Crippen molar-refractivity contribution < 1.29 is 14.8 Å². The highest BCUT2D eigenvalue weighted by molar-refractivity contribution is 6.42. The molecule has 1 amide bonds. The van der Waals surface area contributed by atoms with E-state index in [0.717, 1.165) is 0 Å². The number of aliphatic hydroxyl groups is 1. The van der Waals surface area contributed by atoms with E-state index in [0.29, 0.717) is 16.1 Å². The normalized spacial score (nSPS) is 11.8. The van der Waals surface area contributed by atoms with E-state index in [1.54, 1.807) is 0 Å². The number of hydrogen-bond donors (Lipinski definition) is 2. The average Bonchev–Trinajstić information content (AvgIpc) is 2.54. The molecule has 0 aliphatic heterocycles. The summed E-state index contributed by atoms with van der Waals surface area (Å²) in [7, 11) is 0. The lowest BCUT2D eigenvalue weighted by Crippen LogP contribution is -2.28. The van der Waals surface area contributed by atoms with E-state index in [1.807, 2.05) is 0 Å². The first-order valence-electron chi connectivity index (χ1n) is 6.54. The Labute approximate surface area is 141 Å². The Bertz CT molecular complexity index is 735. The van der Waals surface area contributed by atoms with E-state index in [2.05, 4.69) is 5.32 Å². The van der Waals surface area contributed by atoms with Gasteiger partial charge in [-0.05, 0) is 35.9 Å². The van der Waals surface area contributed by atoms with Crippen LogP contribution in [0.1, 0.15) is 22.0 Å². The molecular formula is C15H12Cl2N2O4. The van der Waals surface area contributed by atoms with Crippen LogP contribution in [0.5, 0.6) is 0 Å². The Hall–Kier alpha value is -2.15. The van der Waals surface area contributed by atoms with Crippen molar-refractivity contribution in [2.75, 3.05) is 6.54 Å². The van der Waals surface area contributed by atoms with Gasteiger partial charge in [-0.25, -0.2) is 0 Å². The zero-order chi connectivity index (χ0) is 17.0. The van der Waals surface area contributed by atoms with Crippen molar-refractivity contribution in [3.05, 3.63) is 73.8 Å². The van der Waals surface area contributed by atoms with Crippen molar-refractivity contribution in [3.63, 3.8) is 0 Å². The maximum Gasteiger partial charge on any atom is 0.269 e. The highest BCUT2D eigenvalue weighted by Crippen LogP contribution is 2.22. The lowest BCUT2D eigenvalue weighted by molar-refractivity contribution is -0.384. The maximum atomic E-state index is 12.0. The molecule has 0 saturated carbocycles. The number of amides is 1. The SMILES string of the molecule is O=C(NC[C@H](O)c1ccc([N+](=O)[O-])cc1)c1ccc(Cl)c(Cl)c1. The third-order valence-corrected chi connectivity index (χ3v) is 3.87. The number of carbonyl (C=O) groups excluding carboxylic acids is 1. The summed E-state index contributed by atoms with van der Waals surface area (Å²) in [5, 5.41) is 23.7. The zero-order valence-corrected chi connectivity index (χ0v) is 13.2. The Balaban J connectivity index is 1.97. The molecule has 0 aromatic heterocycles. The molecule has 0 saturated heterocycles. The van der Waals surface area contributed by atoms with Crippen LogP contribution in [-0.2, 0) is 0 Å². The van der Waals surface area contributed by atoms with Crippen LogP contribution in [0.25, 0.3) is 0 Å². The molecule has 0 unspecified atom stereocenters. The van der Waals surface area contributed by atoms with E-state index in [-0.39, 0.29) is 17.3 Å². The molecule has 0 heterocycles. The molecule has 0 fully saturated rings. The lowest BCUT2D eigenvalue weighted by atomic mass is 10.1. The van der Waals surface area contributed by atoms with Gasteiger partial charge in [0.05, 0.1) is 21.1 Å². The monoisotopic (exact) mass is 354 g/mol. The third kappa shape index (κ3) is 4.41. The summed E-state index contributed by atoms with van der Waals surface area (Å²) in [5.74, 6) is -0.412. The minimum absolute atomic E-state index is 0.0448. The number of nitrogens with zero attached hydrogens (tertiary/aromatic N) is 1. The minimum Gasteiger partial charge on any atom is -0.387 e. The van der Waals surface area contributed by atoms with Crippen LogP contribution in [0, 0.1) is 10.1 Å². The third-order valence-electron chi connectivity index (χ3n) is 3.13. The van der Waals surface area contributed by atoms with Crippen molar-refractivity contribution in [2.24, 2.45) is 0 Å². The van der Waals surface area contributed by atoms with Gasteiger partial charge in [0, 0.05) is 24.2 Å². The second kappa shape index (κ2) is 7.41. The molecule has 0 radical (unpaired) electrons. The molecule has 2 aromatic rings. The first-order chi connectivity index (χ1) is 10.9. The van der Waals surface area contributed by atoms with Crippen LogP contribution < -0.4 is 5.32 Å². The lowest BCUT2D eigenvalue weighted by Gasteiger charge is -2.12. The fourth-order valence-electron chi connectivity index (χ4n) is 1.86. The van der Waals surface area contributed by atoms with Crippen molar-refractivity contribution in [2.45, 2.75) is 6.10 Å². The molecule has 23 heavy (non-hydrogen) atoms. The minimum atomic E-state index is -0.984. The number of nitro groups is 1. The van der Waals surface area contributed by atoms with Crippen LogP contribution in [-0.4, -0.2) is 22.5 Å². The van der Waals surface area contributed by atoms with Crippen LogP contribution in [0.2, 0.25) is 10.0 Å². The summed E-state index contributed by atoms with van der Waals surface area (Å²) in [6, 6.07) is 9.91. The smallest absolute Gasteiger partial charge is 0.269 e. The first-order valence-corrected chi connectivity index (χ1v) is 7.29. The van der Waals surface area contributed by atoms with Gasteiger partial charge in [0.25, 0.3) is 11.6 Å². The number of nitrogens with one attached hydrogen (secondary N) is 1. The predicted molar refractivity (Wildman–Crippen MR) is 86.9 cm³/mol. The second-order valence-corrected chi connectivity index (χ2v) is 5.52. The number of nitro benzene ring substituents is 1. The Morgan fingerprint density at radius 3 is 2.39 bits per heavy atom. The van der Waals surface area contributed by atoms with Gasteiger partial charge in [-0.2, -0.15) is 0 Å². The standard InChI is InChI=1S/C15H12Cl2N2O4/c16-12-6-3-10(7-13(12)17)15(21)18-8-14(20)9-1-4-11(5-2-9)19(22)23/h1-7,14,20H,8H2,(H,18,21)/t14-/m0/s1. The van der Waals surface area contributed by atoms with Crippen LogP contribution in [0.15, 0.2) is 42.5 Å². The topological polar surface area (TPSA) is 92.5 Å². The first kappa shape index (κ1) is 17.2. The number of hydrogen-bond acceptors (Lipinski definition) is 4. The summed E-state index contributed by atoms with van der Waals surface area (Å²) in [6.45, 7) is -0.0448. The van der Waals surface area contributed by atoms with Gasteiger partial charge in [-0.3, -0.25) is 14.9 Å². The van der Waals surface area contributed by atoms with Crippen LogP contribution in [0.3, 0.4) is 0 Å². The summed E-state index contributed by atoms with van der Waals surface area (Å²) < 4.78 is 0. The molecular weight excluding hydrogens is 343 g/mol. The number of halogens is 2. The quantitative estimate of drug-likeness (QED) is 0.635. The molecule has 0 bridgehead atoms. The highest BCUT2D eigenvalue weighted by atomic mass is 35.5. The second-order valence-electron chi connectivity index (χ2n) is 4.70. The molecule has 0 spiro atoms. The number of benzene rings is 2. The number of aliphatic hydroxyl groups excluding tert-OH is 1. The van der Waals surface area contributed by atoms with E-state index < -0.39 is 16.9 Å². The molecule has 0 aliphatic carbocycles. The number of carbonyl (C=O) groups is 1. The molecule has 6 nitrogen and oxygen atoms in total. The fraction of sp³-hybridized carbons (Fsp3) is 0.133. The molecule has 0 aliphatic rings. The molecule has 8 heteroatoms. The van der Waals surface area contributed by atoms with E-state index in [4.69, 9.17) is 23.2 Å². The number of rotatable bonds is 5. The highest BCUT2D eigenvalue weighted by Gasteiger charge is 2.13. The van der Waals surface area contributed by atoms with Crippen molar-refractivity contribution in [3.8, 4) is 0 Å². The van der Waals surface area contributed by atoms with Gasteiger partial charge in [-0.1, -0.05) is 23.2 Å². The predicted octanol–water partition coefficient (Wildman–Crippen LogP) is 3.37. The summed E-state index contributed by atoms with van der Waals surface area (Å²) in [6.07, 6.45) is -0.984. The Morgan fingerprint density at radius 1 is 1.17 bits per heavy atom. The van der Waals surface area contributed by atoms with Crippen LogP contribution in [0.4, 0.5) is 5.69 Å². The fourth-order valence-corrected chi connectivity index (χ4v) is 2.16. The van der Waals surface area contributed by atoms with Crippen molar-refractivity contribution in [1.82, 2.24) is 5.32 Å². The summed E-state index contributed by atoms with van der Waals surface area (Å²) in [5.41, 5.74) is 0.709. The van der Waals surface area contributed by atoms with E-state index in [1.165, 1.54) is 42.5 Å². The van der Waals surface area contributed by atoms with E-state index >= 15 is 0 Å². The van der Waals surface area contributed by atoms with Crippen LogP contribution >= 0.6 is 23.2 Å². The zero-order valence-electron chi connectivity index (χ0n) is 11.7. The van der Waals surface area contributed by atoms with Gasteiger partial charge in [0.2, 0.25) is 0 Å². The summed E-state index contributed by atoms with van der Waals surface area (Å²) >= 11 is 11.6. The largest absolute Gasteiger partial charge is 0.387 e. The Morgan fingerprint density at radius 2 is 1.83 bits per heavy atom. The molecule has 2 N–H and O–H groups in total. The van der Waals surface area contributed by atoms with Gasteiger partial charge in [-0.15, -0.1) is 0 Å². The molecule has 2 rings (SSSR count). The molecule has 1 atom stereocenters. The Kier molecular flexibility index (Phi) is 5.54. The molecule has 2 aromatic carbocycles. The summed E-state index contributed by atoms with van der Waals surface area (Å²) in [4.78, 5) is 22.0. The number of non-ortho nitro benzene ring substituents is 1.